The minimum atomic E-state index is -4.81. The highest BCUT2D eigenvalue weighted by molar-refractivity contribution is 5.66. The van der Waals surface area contributed by atoms with Crippen molar-refractivity contribution in [3.8, 4) is 0 Å². The van der Waals surface area contributed by atoms with Crippen LogP contribution in [0.5, 0.6) is 0 Å². The number of rotatable bonds is 3. The molecule has 2 aromatic rings. The van der Waals surface area contributed by atoms with Crippen LogP contribution in [0.4, 0.5) is 35.9 Å². The lowest BCUT2D eigenvalue weighted by Crippen LogP contribution is -2.09. The Balaban J connectivity index is 2.40. The average molecular weight is 297 g/mol. The molecular formula is C13H10F3N3O2. The molecule has 21 heavy (non-hydrogen) atoms. The Morgan fingerprint density at radius 2 is 1.76 bits per heavy atom. The van der Waals surface area contributed by atoms with E-state index in [0.29, 0.717) is 17.4 Å². The first-order valence-electron chi connectivity index (χ1n) is 5.75. The van der Waals surface area contributed by atoms with E-state index in [1.54, 1.807) is 18.2 Å². The van der Waals surface area contributed by atoms with Gasteiger partial charge in [-0.1, -0.05) is 6.07 Å². The molecule has 0 heterocycles. The molecule has 5 nitrogen and oxygen atoms in total. The van der Waals surface area contributed by atoms with Gasteiger partial charge in [0, 0.05) is 23.1 Å². The van der Waals surface area contributed by atoms with Gasteiger partial charge in [-0.05, 0) is 30.3 Å². The van der Waals surface area contributed by atoms with Crippen molar-refractivity contribution in [2.75, 3.05) is 11.1 Å². The third-order valence-electron chi connectivity index (χ3n) is 2.67. The number of nitro groups is 1. The molecular weight excluding hydrogens is 287 g/mol. The predicted molar refractivity (Wildman–Crippen MR) is 72.2 cm³/mol. The number of nitrogens with one attached hydrogen (secondary N) is 1. The van der Waals surface area contributed by atoms with Crippen molar-refractivity contribution in [3.05, 3.63) is 58.1 Å². The number of nitro benzene ring substituents is 1. The van der Waals surface area contributed by atoms with Crippen molar-refractivity contribution >= 4 is 22.7 Å². The molecule has 0 aliphatic carbocycles. The molecule has 0 aliphatic heterocycles. The highest BCUT2D eigenvalue weighted by Crippen LogP contribution is 2.38. The summed E-state index contributed by atoms with van der Waals surface area (Å²) < 4.78 is 38.5. The minimum absolute atomic E-state index is 0.0820. The van der Waals surface area contributed by atoms with Gasteiger partial charge in [0.15, 0.2) is 0 Å². The van der Waals surface area contributed by atoms with Gasteiger partial charge in [-0.15, -0.1) is 0 Å². The Morgan fingerprint density at radius 1 is 1.10 bits per heavy atom. The second-order valence-electron chi connectivity index (χ2n) is 4.24. The summed E-state index contributed by atoms with van der Waals surface area (Å²) in [7, 11) is 0. The van der Waals surface area contributed by atoms with E-state index in [4.69, 9.17) is 5.73 Å². The Hall–Kier alpha value is -2.77. The monoisotopic (exact) mass is 297 g/mol. The van der Waals surface area contributed by atoms with Gasteiger partial charge >= 0.3 is 6.18 Å². The summed E-state index contributed by atoms with van der Waals surface area (Å²) in [5.74, 6) is 0. The van der Waals surface area contributed by atoms with Crippen LogP contribution in [0.2, 0.25) is 0 Å². The second-order valence-corrected chi connectivity index (χ2v) is 4.24. The van der Waals surface area contributed by atoms with E-state index in [-0.39, 0.29) is 5.69 Å². The van der Waals surface area contributed by atoms with Crippen molar-refractivity contribution in [1.82, 2.24) is 0 Å². The van der Waals surface area contributed by atoms with Gasteiger partial charge in [-0.25, -0.2) is 0 Å². The molecule has 0 saturated heterocycles. The molecule has 0 spiro atoms. The summed E-state index contributed by atoms with van der Waals surface area (Å²) in [5.41, 5.74) is 4.28. The van der Waals surface area contributed by atoms with Gasteiger partial charge in [0.05, 0.1) is 4.92 Å². The highest BCUT2D eigenvalue weighted by atomic mass is 19.4. The number of alkyl halides is 3. The van der Waals surface area contributed by atoms with Crippen LogP contribution in [0.15, 0.2) is 42.5 Å². The molecule has 0 aromatic heterocycles. The minimum Gasteiger partial charge on any atom is -0.399 e. The zero-order valence-corrected chi connectivity index (χ0v) is 10.5. The summed E-state index contributed by atoms with van der Waals surface area (Å²) in [6, 6.07) is 9.13. The molecule has 110 valence electrons. The second kappa shape index (κ2) is 5.31. The molecule has 2 rings (SSSR count). The van der Waals surface area contributed by atoms with Gasteiger partial charge in [0.2, 0.25) is 0 Å². The topological polar surface area (TPSA) is 81.2 Å². The number of hydrogen-bond acceptors (Lipinski definition) is 4. The van der Waals surface area contributed by atoms with Gasteiger partial charge in [-0.3, -0.25) is 10.1 Å². The highest BCUT2D eigenvalue weighted by Gasteiger charge is 2.38. The molecule has 3 N–H and O–H groups in total. The van der Waals surface area contributed by atoms with E-state index in [1.165, 1.54) is 12.1 Å². The zero-order chi connectivity index (χ0) is 15.6. The van der Waals surface area contributed by atoms with E-state index >= 15 is 0 Å². The van der Waals surface area contributed by atoms with Crippen LogP contribution < -0.4 is 11.1 Å². The Labute approximate surface area is 117 Å². The van der Waals surface area contributed by atoms with E-state index in [0.717, 1.165) is 6.07 Å². The number of nitrogens with two attached hydrogens (primary N) is 1. The number of halogens is 3. The van der Waals surface area contributed by atoms with E-state index in [1.807, 2.05) is 0 Å². The smallest absolute Gasteiger partial charge is 0.399 e. The standard InChI is InChI=1S/C13H10F3N3O2/c14-13(15,16)11-7-10(4-5-12(11)19(20)21)18-9-3-1-2-8(17)6-9/h1-7,18H,17H2. The molecule has 0 amide bonds. The number of nitrogen functional groups attached to an aromatic ring is 1. The lowest BCUT2D eigenvalue weighted by Gasteiger charge is -2.11. The predicted octanol–water partition coefficient (Wildman–Crippen LogP) is 3.94. The summed E-state index contributed by atoms with van der Waals surface area (Å²) in [4.78, 5) is 9.59. The quantitative estimate of drug-likeness (QED) is 0.511. The van der Waals surface area contributed by atoms with Gasteiger partial charge in [0.1, 0.15) is 5.56 Å². The van der Waals surface area contributed by atoms with Crippen LogP contribution >= 0.6 is 0 Å². The molecule has 0 aliphatic rings. The maximum atomic E-state index is 12.8. The number of anilines is 3. The number of hydrogen-bond donors (Lipinski definition) is 2. The normalized spacial score (nSPS) is 11.2. The first-order chi connectivity index (χ1) is 9.77. The van der Waals surface area contributed by atoms with E-state index < -0.39 is 22.4 Å². The molecule has 0 saturated carbocycles. The van der Waals surface area contributed by atoms with Gasteiger partial charge in [-0.2, -0.15) is 13.2 Å². The maximum Gasteiger partial charge on any atom is 0.423 e. The zero-order valence-electron chi connectivity index (χ0n) is 10.5. The molecule has 0 radical (unpaired) electrons. The summed E-state index contributed by atoms with van der Waals surface area (Å²) in [6.45, 7) is 0. The fraction of sp³-hybridized carbons (Fsp3) is 0.0769. The Bertz CT molecular complexity index is 687. The summed E-state index contributed by atoms with van der Waals surface area (Å²) >= 11 is 0. The van der Waals surface area contributed by atoms with Crippen LogP contribution in [-0.2, 0) is 6.18 Å². The van der Waals surface area contributed by atoms with Crippen LogP contribution in [0, 0.1) is 10.1 Å². The molecule has 0 atom stereocenters. The van der Waals surface area contributed by atoms with Gasteiger partial charge in [0.25, 0.3) is 5.69 Å². The molecule has 0 bridgehead atoms. The van der Waals surface area contributed by atoms with Crippen LogP contribution in [0.3, 0.4) is 0 Å². The average Bonchev–Trinajstić information content (AvgIpc) is 2.37. The Kier molecular flexibility index (Phi) is 3.70. The first kappa shape index (κ1) is 14.6. The largest absolute Gasteiger partial charge is 0.423 e. The van der Waals surface area contributed by atoms with Crippen LogP contribution in [0.25, 0.3) is 0 Å². The lowest BCUT2D eigenvalue weighted by molar-refractivity contribution is -0.388. The van der Waals surface area contributed by atoms with Crippen molar-refractivity contribution in [1.29, 1.82) is 0 Å². The molecule has 2 aromatic carbocycles. The summed E-state index contributed by atoms with van der Waals surface area (Å²) in [6.07, 6.45) is -4.81. The number of nitrogens with zero attached hydrogens (tertiary/aromatic N) is 1. The van der Waals surface area contributed by atoms with E-state index in [9.17, 15) is 23.3 Å². The van der Waals surface area contributed by atoms with Crippen LogP contribution in [-0.4, -0.2) is 4.92 Å². The third kappa shape index (κ3) is 3.41. The van der Waals surface area contributed by atoms with Crippen molar-refractivity contribution in [2.45, 2.75) is 6.18 Å². The van der Waals surface area contributed by atoms with Crippen LogP contribution in [0.1, 0.15) is 5.56 Å². The fourth-order valence-corrected chi connectivity index (χ4v) is 1.78. The van der Waals surface area contributed by atoms with Crippen molar-refractivity contribution in [2.24, 2.45) is 0 Å². The van der Waals surface area contributed by atoms with Crippen molar-refractivity contribution in [3.63, 3.8) is 0 Å². The van der Waals surface area contributed by atoms with E-state index in [2.05, 4.69) is 5.32 Å². The maximum absolute atomic E-state index is 12.8. The first-order valence-corrected chi connectivity index (χ1v) is 5.75. The lowest BCUT2D eigenvalue weighted by atomic mass is 10.1. The molecule has 0 fully saturated rings. The molecule has 0 unspecified atom stereocenters. The Morgan fingerprint density at radius 3 is 2.33 bits per heavy atom. The molecule has 8 heteroatoms. The van der Waals surface area contributed by atoms with Crippen molar-refractivity contribution < 1.29 is 18.1 Å². The summed E-state index contributed by atoms with van der Waals surface area (Å²) in [5, 5.41) is 13.4. The third-order valence-corrected chi connectivity index (χ3v) is 2.67. The van der Waals surface area contributed by atoms with Gasteiger partial charge < -0.3 is 11.1 Å². The fourth-order valence-electron chi connectivity index (χ4n) is 1.78. The SMILES string of the molecule is Nc1cccc(Nc2ccc([N+](=O)[O-])c(C(F)(F)F)c2)c1. The number of benzene rings is 2.